The number of amides is 3. The second-order valence-corrected chi connectivity index (χ2v) is 7.79. The molecule has 152 valence electrons. The third-order valence-electron chi connectivity index (χ3n) is 5.57. The predicted molar refractivity (Wildman–Crippen MR) is 116 cm³/mol. The quantitative estimate of drug-likeness (QED) is 0.621. The first-order valence-corrected chi connectivity index (χ1v) is 10.3. The molecule has 0 bridgehead atoms. The Balaban J connectivity index is 1.27. The normalized spacial score (nSPS) is 16.3. The van der Waals surface area contributed by atoms with Crippen LogP contribution in [-0.4, -0.2) is 45.9 Å². The van der Waals surface area contributed by atoms with Crippen LogP contribution in [-0.2, 0) is 0 Å². The molecule has 0 unspecified atom stereocenters. The van der Waals surface area contributed by atoms with Crippen LogP contribution >= 0.6 is 0 Å². The predicted octanol–water partition coefficient (Wildman–Crippen LogP) is 3.78. The Labute approximate surface area is 174 Å². The van der Waals surface area contributed by atoms with E-state index in [0.717, 1.165) is 35.9 Å². The van der Waals surface area contributed by atoms with Crippen molar-refractivity contribution in [2.75, 3.05) is 18.4 Å². The van der Waals surface area contributed by atoms with Gasteiger partial charge in [-0.1, -0.05) is 12.1 Å². The molecule has 7 nitrogen and oxygen atoms in total. The van der Waals surface area contributed by atoms with E-state index in [1.54, 1.807) is 30.5 Å². The lowest BCUT2D eigenvalue weighted by Gasteiger charge is -2.26. The highest BCUT2D eigenvalue weighted by Crippen LogP contribution is 2.29. The van der Waals surface area contributed by atoms with Gasteiger partial charge in [0.25, 0.3) is 5.91 Å². The highest BCUT2D eigenvalue weighted by atomic mass is 16.2. The van der Waals surface area contributed by atoms with Crippen molar-refractivity contribution in [1.82, 2.24) is 20.2 Å². The number of fused-ring (bicyclic) bond motifs is 1. The molecule has 0 spiro atoms. The fourth-order valence-corrected chi connectivity index (χ4v) is 3.81. The number of rotatable bonds is 4. The van der Waals surface area contributed by atoms with E-state index in [-0.39, 0.29) is 18.0 Å². The van der Waals surface area contributed by atoms with Gasteiger partial charge in [0.1, 0.15) is 5.65 Å². The van der Waals surface area contributed by atoms with Gasteiger partial charge in [0, 0.05) is 53.7 Å². The first-order valence-electron chi connectivity index (χ1n) is 10.3. The number of carbonyl (C=O) groups excluding carboxylic acids is 2. The van der Waals surface area contributed by atoms with Crippen LogP contribution in [0.3, 0.4) is 0 Å². The maximum Gasteiger partial charge on any atom is 0.319 e. The summed E-state index contributed by atoms with van der Waals surface area (Å²) in [7, 11) is 0. The highest BCUT2D eigenvalue weighted by Gasteiger charge is 2.24. The molecule has 1 aromatic carbocycles. The van der Waals surface area contributed by atoms with Gasteiger partial charge in [-0.2, -0.15) is 0 Å². The van der Waals surface area contributed by atoms with Crippen LogP contribution in [0.4, 0.5) is 10.5 Å². The minimum absolute atomic E-state index is 0.0304. The van der Waals surface area contributed by atoms with Crippen LogP contribution in [0.15, 0.2) is 54.9 Å². The summed E-state index contributed by atoms with van der Waals surface area (Å²) in [6, 6.07) is 11.2. The molecular weight excluding hydrogens is 378 g/mol. The first-order chi connectivity index (χ1) is 14.7. The maximum atomic E-state index is 13.0. The van der Waals surface area contributed by atoms with Crippen molar-refractivity contribution >= 4 is 34.2 Å². The number of anilines is 1. The topological polar surface area (TPSA) is 90.1 Å². The zero-order valence-corrected chi connectivity index (χ0v) is 16.5. The van der Waals surface area contributed by atoms with Gasteiger partial charge >= 0.3 is 6.03 Å². The third kappa shape index (κ3) is 3.78. The zero-order chi connectivity index (χ0) is 20.5. The molecule has 1 saturated carbocycles. The lowest BCUT2D eigenvalue weighted by molar-refractivity contribution is 0.0773. The van der Waals surface area contributed by atoms with Gasteiger partial charge in [0.2, 0.25) is 0 Å². The number of carbonyl (C=O) groups is 2. The Hall–Kier alpha value is -3.61. The van der Waals surface area contributed by atoms with E-state index in [4.69, 9.17) is 0 Å². The summed E-state index contributed by atoms with van der Waals surface area (Å²) in [4.78, 5) is 34.3. The van der Waals surface area contributed by atoms with Crippen LogP contribution < -0.4 is 10.6 Å². The smallest absolute Gasteiger partial charge is 0.319 e. The van der Waals surface area contributed by atoms with Gasteiger partial charge in [0.05, 0.1) is 0 Å². The number of nitrogens with one attached hydrogen (secondary N) is 3. The van der Waals surface area contributed by atoms with Gasteiger partial charge in [-0.15, -0.1) is 0 Å². The highest BCUT2D eigenvalue weighted by molar-refractivity contribution is 5.98. The molecule has 0 radical (unpaired) electrons. The lowest BCUT2D eigenvalue weighted by Crippen LogP contribution is -2.34. The number of hydrogen-bond donors (Lipinski definition) is 3. The van der Waals surface area contributed by atoms with Gasteiger partial charge < -0.3 is 20.5 Å². The average molecular weight is 401 g/mol. The van der Waals surface area contributed by atoms with Crippen molar-refractivity contribution in [2.24, 2.45) is 0 Å². The third-order valence-corrected chi connectivity index (χ3v) is 5.57. The number of pyridine rings is 1. The monoisotopic (exact) mass is 401 g/mol. The number of H-pyrrole nitrogens is 1. The summed E-state index contributed by atoms with van der Waals surface area (Å²) in [5.41, 5.74) is 4.45. The molecule has 2 aliphatic rings. The molecule has 2 aromatic heterocycles. The Morgan fingerprint density at radius 1 is 1.17 bits per heavy atom. The summed E-state index contributed by atoms with van der Waals surface area (Å²) >= 11 is 0. The van der Waals surface area contributed by atoms with Gasteiger partial charge in [-0.3, -0.25) is 4.79 Å². The van der Waals surface area contributed by atoms with Crippen molar-refractivity contribution in [2.45, 2.75) is 25.3 Å². The van der Waals surface area contributed by atoms with Gasteiger partial charge in [0.15, 0.2) is 0 Å². The van der Waals surface area contributed by atoms with E-state index in [1.165, 1.54) is 5.57 Å². The molecule has 0 saturated heterocycles. The SMILES string of the molecule is O=C(Nc1cccc(C(=O)N2CC=C(c3c[nH]c4ncccc34)CC2)c1)NC1CC1. The van der Waals surface area contributed by atoms with Crippen molar-refractivity contribution in [3.63, 3.8) is 0 Å². The molecule has 0 atom stereocenters. The summed E-state index contributed by atoms with van der Waals surface area (Å²) in [6.07, 6.45) is 8.73. The number of urea groups is 1. The van der Waals surface area contributed by atoms with Crippen LogP contribution in [0, 0.1) is 0 Å². The molecular formula is C23H23N5O2. The molecule has 7 heteroatoms. The fraction of sp³-hybridized carbons (Fsp3) is 0.261. The minimum Gasteiger partial charge on any atom is -0.346 e. The van der Waals surface area contributed by atoms with Crippen LogP contribution in [0.1, 0.15) is 35.2 Å². The van der Waals surface area contributed by atoms with E-state index in [2.05, 4.69) is 32.7 Å². The molecule has 3 aromatic rings. The van der Waals surface area contributed by atoms with Crippen LogP contribution in [0.25, 0.3) is 16.6 Å². The van der Waals surface area contributed by atoms with E-state index in [1.807, 2.05) is 17.2 Å². The van der Waals surface area contributed by atoms with Gasteiger partial charge in [-0.25, -0.2) is 9.78 Å². The van der Waals surface area contributed by atoms with Crippen molar-refractivity contribution < 1.29 is 9.59 Å². The maximum absolute atomic E-state index is 13.0. The number of aromatic nitrogens is 2. The van der Waals surface area contributed by atoms with Crippen molar-refractivity contribution in [3.8, 4) is 0 Å². The molecule has 1 aliphatic carbocycles. The summed E-state index contributed by atoms with van der Waals surface area (Å²) in [5, 5.41) is 6.80. The van der Waals surface area contributed by atoms with E-state index < -0.39 is 0 Å². The fourth-order valence-electron chi connectivity index (χ4n) is 3.81. The molecule has 1 fully saturated rings. The molecule has 1 aliphatic heterocycles. The standard InChI is InChI=1S/C23H23N5O2/c29-22(16-3-1-4-18(13-16)27-23(30)26-17-6-7-17)28-11-8-15(9-12-28)20-14-25-21-19(20)5-2-10-24-21/h1-5,8,10,13-14,17H,6-7,9,11-12H2,(H,24,25)(H2,26,27,30). The Morgan fingerprint density at radius 2 is 2.07 bits per heavy atom. The summed E-state index contributed by atoms with van der Waals surface area (Å²) in [5.74, 6) is -0.0304. The number of hydrogen-bond acceptors (Lipinski definition) is 3. The first kappa shape index (κ1) is 18.4. The number of nitrogens with zero attached hydrogens (tertiary/aromatic N) is 2. The van der Waals surface area contributed by atoms with Gasteiger partial charge in [-0.05, 0) is 55.2 Å². The van der Waals surface area contributed by atoms with Crippen LogP contribution in [0.5, 0.6) is 0 Å². The second kappa shape index (κ2) is 7.67. The molecule has 5 rings (SSSR count). The number of aromatic amines is 1. The molecule has 30 heavy (non-hydrogen) atoms. The largest absolute Gasteiger partial charge is 0.346 e. The molecule has 3 N–H and O–H groups in total. The Morgan fingerprint density at radius 3 is 2.87 bits per heavy atom. The molecule has 3 amide bonds. The average Bonchev–Trinajstić information content (AvgIpc) is 3.48. The Kier molecular flexibility index (Phi) is 4.71. The lowest BCUT2D eigenvalue weighted by atomic mass is 9.99. The van der Waals surface area contributed by atoms with Crippen LogP contribution in [0.2, 0.25) is 0 Å². The van der Waals surface area contributed by atoms with E-state index in [9.17, 15) is 9.59 Å². The molecule has 3 heterocycles. The number of benzene rings is 1. The minimum atomic E-state index is -0.221. The summed E-state index contributed by atoms with van der Waals surface area (Å²) in [6.45, 7) is 1.21. The van der Waals surface area contributed by atoms with Crippen molar-refractivity contribution in [1.29, 1.82) is 0 Å². The zero-order valence-electron chi connectivity index (χ0n) is 16.5. The second-order valence-electron chi connectivity index (χ2n) is 7.79. The van der Waals surface area contributed by atoms with E-state index >= 15 is 0 Å². The van der Waals surface area contributed by atoms with E-state index in [0.29, 0.717) is 24.3 Å². The summed E-state index contributed by atoms with van der Waals surface area (Å²) < 4.78 is 0. The Bertz CT molecular complexity index is 1150. The van der Waals surface area contributed by atoms with Crippen molar-refractivity contribution in [3.05, 3.63) is 66.0 Å².